The molecule has 1 amide bonds. The Labute approximate surface area is 84.5 Å². The molecule has 2 rings (SSSR count). The summed E-state index contributed by atoms with van der Waals surface area (Å²) in [5, 5.41) is 0. The van der Waals surface area contributed by atoms with Crippen molar-refractivity contribution in [3.05, 3.63) is 42.3 Å². The summed E-state index contributed by atoms with van der Waals surface area (Å²) in [6.07, 6.45) is 4.40. The molecule has 0 bridgehead atoms. The zero-order chi connectivity index (χ0) is 9.80. The normalized spacial score (nSPS) is 16.7. The highest BCUT2D eigenvalue weighted by molar-refractivity contribution is 5.94. The molecule has 1 heterocycles. The first-order valence-electron chi connectivity index (χ1n) is 5.04. The lowest BCUT2D eigenvalue weighted by Crippen LogP contribution is -2.35. The molecule has 1 fully saturated rings. The molecule has 0 spiro atoms. The predicted molar refractivity (Wildman–Crippen MR) is 55.9 cm³/mol. The smallest absolute Gasteiger partial charge is 0.253 e. The SMILES string of the molecule is O=C(c1ccccc1)N1C[CH]CCC1. The molecule has 14 heavy (non-hydrogen) atoms. The van der Waals surface area contributed by atoms with Crippen LogP contribution in [0.5, 0.6) is 0 Å². The molecule has 0 saturated carbocycles. The number of amides is 1. The van der Waals surface area contributed by atoms with Crippen molar-refractivity contribution in [3.63, 3.8) is 0 Å². The van der Waals surface area contributed by atoms with Crippen molar-refractivity contribution in [2.45, 2.75) is 12.8 Å². The molecule has 73 valence electrons. The van der Waals surface area contributed by atoms with Gasteiger partial charge in [-0.3, -0.25) is 4.79 Å². The summed E-state index contributed by atoms with van der Waals surface area (Å²) in [6.45, 7) is 1.69. The predicted octanol–water partition coefficient (Wildman–Crippen LogP) is 2.13. The molecule has 0 unspecified atom stereocenters. The summed E-state index contributed by atoms with van der Waals surface area (Å²) in [7, 11) is 0. The molecule has 0 aromatic heterocycles. The van der Waals surface area contributed by atoms with E-state index in [-0.39, 0.29) is 5.91 Å². The first kappa shape index (κ1) is 9.25. The topological polar surface area (TPSA) is 20.3 Å². The third-order valence-corrected chi connectivity index (χ3v) is 2.49. The molecule has 0 N–H and O–H groups in total. The van der Waals surface area contributed by atoms with E-state index in [0.29, 0.717) is 0 Å². The van der Waals surface area contributed by atoms with E-state index >= 15 is 0 Å². The number of likely N-dealkylation sites (tertiary alicyclic amines) is 1. The van der Waals surface area contributed by atoms with Crippen LogP contribution in [0.25, 0.3) is 0 Å². The van der Waals surface area contributed by atoms with E-state index in [2.05, 4.69) is 6.42 Å². The van der Waals surface area contributed by atoms with Gasteiger partial charge in [-0.15, -0.1) is 0 Å². The van der Waals surface area contributed by atoms with Crippen molar-refractivity contribution in [1.82, 2.24) is 4.90 Å². The van der Waals surface area contributed by atoms with Gasteiger partial charge in [-0.2, -0.15) is 0 Å². The van der Waals surface area contributed by atoms with E-state index in [1.54, 1.807) is 0 Å². The van der Waals surface area contributed by atoms with E-state index in [1.165, 1.54) is 0 Å². The van der Waals surface area contributed by atoms with Crippen LogP contribution in [0.4, 0.5) is 0 Å². The number of nitrogens with zero attached hydrogens (tertiary/aromatic N) is 1. The van der Waals surface area contributed by atoms with Gasteiger partial charge in [-0.05, 0) is 31.4 Å². The highest BCUT2D eigenvalue weighted by atomic mass is 16.2. The maximum atomic E-state index is 11.9. The van der Waals surface area contributed by atoms with Crippen LogP contribution in [0.1, 0.15) is 23.2 Å². The molecule has 1 aliphatic rings. The van der Waals surface area contributed by atoms with Gasteiger partial charge in [-0.1, -0.05) is 18.2 Å². The monoisotopic (exact) mass is 188 g/mol. The quantitative estimate of drug-likeness (QED) is 0.661. The van der Waals surface area contributed by atoms with Crippen LogP contribution in [-0.4, -0.2) is 23.9 Å². The van der Waals surface area contributed by atoms with Crippen molar-refractivity contribution in [3.8, 4) is 0 Å². The summed E-state index contributed by atoms with van der Waals surface area (Å²) in [4.78, 5) is 13.8. The van der Waals surface area contributed by atoms with E-state index in [0.717, 1.165) is 31.5 Å². The summed E-state index contributed by atoms with van der Waals surface area (Å²) >= 11 is 0. The Morgan fingerprint density at radius 3 is 2.64 bits per heavy atom. The lowest BCUT2D eigenvalue weighted by molar-refractivity contribution is 0.0750. The van der Waals surface area contributed by atoms with Gasteiger partial charge >= 0.3 is 0 Å². The van der Waals surface area contributed by atoms with E-state index < -0.39 is 0 Å². The Bertz CT molecular complexity index is 301. The van der Waals surface area contributed by atoms with Crippen molar-refractivity contribution in [1.29, 1.82) is 0 Å². The summed E-state index contributed by atoms with van der Waals surface area (Å²) < 4.78 is 0. The minimum atomic E-state index is 0.154. The Morgan fingerprint density at radius 2 is 2.00 bits per heavy atom. The third kappa shape index (κ3) is 1.95. The molecule has 0 atom stereocenters. The second-order valence-corrected chi connectivity index (χ2v) is 3.55. The van der Waals surface area contributed by atoms with Gasteiger partial charge in [0, 0.05) is 18.7 Å². The number of carbonyl (C=O) groups is 1. The molecule has 1 aliphatic heterocycles. The maximum Gasteiger partial charge on any atom is 0.253 e. The number of carbonyl (C=O) groups excluding carboxylic acids is 1. The van der Waals surface area contributed by atoms with Crippen LogP contribution in [0.15, 0.2) is 30.3 Å². The van der Waals surface area contributed by atoms with Crippen molar-refractivity contribution in [2.24, 2.45) is 0 Å². The largest absolute Gasteiger partial charge is 0.338 e. The summed E-state index contributed by atoms with van der Waals surface area (Å²) in [5.41, 5.74) is 0.794. The number of hydrogen-bond acceptors (Lipinski definition) is 1. The number of benzene rings is 1. The maximum absolute atomic E-state index is 11.9. The first-order chi connectivity index (χ1) is 6.88. The minimum Gasteiger partial charge on any atom is -0.338 e. The second-order valence-electron chi connectivity index (χ2n) is 3.55. The zero-order valence-electron chi connectivity index (χ0n) is 8.15. The molecule has 0 aliphatic carbocycles. The number of hydrogen-bond donors (Lipinski definition) is 0. The highest BCUT2D eigenvalue weighted by Gasteiger charge is 2.17. The molecular formula is C12H14NO. The Kier molecular flexibility index (Phi) is 2.82. The fourth-order valence-corrected chi connectivity index (χ4v) is 1.71. The van der Waals surface area contributed by atoms with Crippen LogP contribution >= 0.6 is 0 Å². The number of rotatable bonds is 1. The summed E-state index contributed by atoms with van der Waals surface area (Å²) in [6, 6.07) is 9.48. The highest BCUT2D eigenvalue weighted by Crippen LogP contribution is 2.11. The van der Waals surface area contributed by atoms with Crippen molar-refractivity contribution in [2.75, 3.05) is 13.1 Å². The van der Waals surface area contributed by atoms with Crippen LogP contribution < -0.4 is 0 Å². The van der Waals surface area contributed by atoms with Crippen LogP contribution in [0, 0.1) is 6.42 Å². The molecule has 1 radical (unpaired) electrons. The lowest BCUT2D eigenvalue weighted by Gasteiger charge is -2.26. The average Bonchev–Trinajstić information content (AvgIpc) is 2.30. The lowest BCUT2D eigenvalue weighted by atomic mass is 10.1. The fourth-order valence-electron chi connectivity index (χ4n) is 1.71. The van der Waals surface area contributed by atoms with E-state index in [9.17, 15) is 4.79 Å². The zero-order valence-corrected chi connectivity index (χ0v) is 8.15. The van der Waals surface area contributed by atoms with Crippen LogP contribution in [-0.2, 0) is 0 Å². The first-order valence-corrected chi connectivity index (χ1v) is 5.04. The van der Waals surface area contributed by atoms with E-state index in [4.69, 9.17) is 0 Å². The minimum absolute atomic E-state index is 0.154. The number of piperidine rings is 1. The summed E-state index contributed by atoms with van der Waals surface area (Å²) in [5.74, 6) is 0.154. The van der Waals surface area contributed by atoms with E-state index in [1.807, 2.05) is 35.2 Å². The van der Waals surface area contributed by atoms with Crippen LogP contribution in [0.3, 0.4) is 0 Å². The van der Waals surface area contributed by atoms with Gasteiger partial charge < -0.3 is 4.90 Å². The van der Waals surface area contributed by atoms with Gasteiger partial charge in [0.25, 0.3) is 5.91 Å². The van der Waals surface area contributed by atoms with Gasteiger partial charge in [0.2, 0.25) is 0 Å². The third-order valence-electron chi connectivity index (χ3n) is 2.49. The van der Waals surface area contributed by atoms with Crippen LogP contribution in [0.2, 0.25) is 0 Å². The standard InChI is InChI=1S/C12H14NO/c14-12(11-7-3-1-4-8-11)13-9-5-2-6-10-13/h1,3-5,7-8H,2,6,9-10H2. The molecule has 2 nitrogen and oxygen atoms in total. The average molecular weight is 188 g/mol. The molecule has 1 aromatic rings. The molecule has 1 saturated heterocycles. The van der Waals surface area contributed by atoms with Gasteiger partial charge in [-0.25, -0.2) is 0 Å². The van der Waals surface area contributed by atoms with Crippen molar-refractivity contribution >= 4 is 5.91 Å². The molecule has 2 heteroatoms. The Morgan fingerprint density at radius 1 is 1.21 bits per heavy atom. The molecular weight excluding hydrogens is 174 g/mol. The molecule has 1 aromatic carbocycles. The Balaban J connectivity index is 2.07. The van der Waals surface area contributed by atoms with Gasteiger partial charge in [0.1, 0.15) is 0 Å². The Hall–Kier alpha value is -1.31. The van der Waals surface area contributed by atoms with Gasteiger partial charge in [0.05, 0.1) is 0 Å². The van der Waals surface area contributed by atoms with Crippen molar-refractivity contribution < 1.29 is 4.79 Å². The van der Waals surface area contributed by atoms with Gasteiger partial charge in [0.15, 0.2) is 0 Å². The second kappa shape index (κ2) is 4.27. The fraction of sp³-hybridized carbons (Fsp3) is 0.333.